The Morgan fingerprint density at radius 1 is 0.957 bits per heavy atom. The Morgan fingerprint density at radius 2 is 1.48 bits per heavy atom. The topological polar surface area (TPSA) is 193 Å². The number of pyridine rings is 1. The molecule has 0 aliphatic rings. The average molecular weight is 323 g/mol. The molecule has 0 aliphatic heterocycles. The lowest BCUT2D eigenvalue weighted by molar-refractivity contribution is -0.420. The molecular formula is C11H9N5O7. The number of nitro groups is 3. The van der Waals surface area contributed by atoms with Crippen LogP contribution in [0.15, 0.2) is 36.7 Å². The number of nitrogen functional groups attached to an aromatic ring is 1. The molecule has 12 nitrogen and oxygen atoms in total. The van der Waals surface area contributed by atoms with Crippen molar-refractivity contribution >= 4 is 22.7 Å². The Balaban J connectivity index is 0.000000313. The van der Waals surface area contributed by atoms with Gasteiger partial charge in [-0.1, -0.05) is 0 Å². The summed E-state index contributed by atoms with van der Waals surface area (Å²) in [6, 6.07) is 4.45. The van der Waals surface area contributed by atoms with Gasteiger partial charge in [0, 0.05) is 6.07 Å². The Bertz CT molecular complexity index is 715. The maximum atomic E-state index is 11.1. The van der Waals surface area contributed by atoms with Crippen molar-refractivity contribution in [3.63, 3.8) is 0 Å². The number of aromatic nitrogens is 1. The van der Waals surface area contributed by atoms with Gasteiger partial charge in [0.05, 0.1) is 38.3 Å². The van der Waals surface area contributed by atoms with E-state index >= 15 is 0 Å². The van der Waals surface area contributed by atoms with E-state index in [0.29, 0.717) is 12.1 Å². The molecule has 2 aromatic rings. The first-order valence-corrected chi connectivity index (χ1v) is 5.74. The lowest BCUT2D eigenvalue weighted by atomic mass is 10.2. The number of non-ortho nitro benzene ring substituents is 1. The monoisotopic (exact) mass is 323 g/mol. The number of hydrogen-bond donors (Lipinski definition) is 1. The van der Waals surface area contributed by atoms with Gasteiger partial charge in [0.25, 0.3) is 17.1 Å². The maximum Gasteiger partial charge on any atom is 0.283 e. The van der Waals surface area contributed by atoms with Crippen LogP contribution in [-0.4, -0.2) is 14.8 Å². The quantitative estimate of drug-likeness (QED) is 0.625. The van der Waals surface area contributed by atoms with Crippen LogP contribution in [0.5, 0.6) is 5.75 Å². The van der Waals surface area contributed by atoms with E-state index in [-0.39, 0.29) is 0 Å². The van der Waals surface area contributed by atoms with Crippen LogP contribution in [-0.2, 0) is 0 Å². The minimum atomic E-state index is -1.46. The van der Waals surface area contributed by atoms with E-state index in [1.807, 2.05) is 18.3 Å². The second-order valence-corrected chi connectivity index (χ2v) is 3.92. The normalized spacial score (nSPS) is 9.39. The molecule has 12 heteroatoms. The fourth-order valence-corrected chi connectivity index (χ4v) is 1.37. The molecule has 1 heterocycles. The van der Waals surface area contributed by atoms with Crippen LogP contribution in [0.3, 0.4) is 0 Å². The van der Waals surface area contributed by atoms with Gasteiger partial charge in [-0.15, -0.1) is 0 Å². The summed E-state index contributed by atoms with van der Waals surface area (Å²) in [6.45, 7) is 0. The number of nitro benzene ring substituents is 3. The lowest BCUT2D eigenvalue weighted by Crippen LogP contribution is -2.04. The predicted octanol–water partition coefficient (Wildman–Crippen LogP) is 0.568. The number of nitrogens with one attached hydrogen (secondary N) is 1. The number of benzene rings is 1. The van der Waals surface area contributed by atoms with Gasteiger partial charge < -0.3 is 10.8 Å². The third kappa shape index (κ3) is 4.59. The molecule has 0 atom stereocenters. The Kier molecular flexibility index (Phi) is 5.43. The summed E-state index contributed by atoms with van der Waals surface area (Å²) in [6.07, 6.45) is 3.55. The fourth-order valence-electron chi connectivity index (χ4n) is 1.37. The zero-order chi connectivity index (χ0) is 17.6. The molecule has 0 fully saturated rings. The van der Waals surface area contributed by atoms with Crippen LogP contribution in [0.1, 0.15) is 0 Å². The molecule has 0 spiro atoms. The SMILES string of the molecule is Nc1ccc[nH+]c1.O=[N+]([O-])c1cc([N+](=O)[O-])c([O-])c([N+](=O)[O-])c1. The van der Waals surface area contributed by atoms with Gasteiger partial charge >= 0.3 is 0 Å². The Labute approximate surface area is 127 Å². The molecular weight excluding hydrogens is 314 g/mol. The van der Waals surface area contributed by atoms with Gasteiger partial charge in [0.2, 0.25) is 0 Å². The molecule has 0 saturated heterocycles. The van der Waals surface area contributed by atoms with Gasteiger partial charge in [-0.05, 0) is 6.07 Å². The van der Waals surface area contributed by atoms with Crippen molar-refractivity contribution in [2.75, 3.05) is 5.73 Å². The third-order valence-electron chi connectivity index (χ3n) is 2.37. The van der Waals surface area contributed by atoms with E-state index in [1.54, 1.807) is 6.20 Å². The molecule has 0 bridgehead atoms. The van der Waals surface area contributed by atoms with Gasteiger partial charge in [-0.3, -0.25) is 30.3 Å². The van der Waals surface area contributed by atoms with Crippen molar-refractivity contribution < 1.29 is 24.9 Å². The summed E-state index contributed by atoms with van der Waals surface area (Å²) < 4.78 is 0. The zero-order valence-electron chi connectivity index (χ0n) is 11.2. The van der Waals surface area contributed by atoms with Crippen LogP contribution in [0.4, 0.5) is 22.7 Å². The average Bonchev–Trinajstić information content (AvgIpc) is 2.48. The molecule has 1 aromatic heterocycles. The molecule has 0 radical (unpaired) electrons. The summed E-state index contributed by atoms with van der Waals surface area (Å²) in [5.41, 5.74) is 2.83. The second-order valence-electron chi connectivity index (χ2n) is 3.92. The highest BCUT2D eigenvalue weighted by molar-refractivity contribution is 5.63. The molecule has 1 aromatic carbocycles. The van der Waals surface area contributed by atoms with E-state index in [9.17, 15) is 35.4 Å². The van der Waals surface area contributed by atoms with Gasteiger partial charge in [-0.2, -0.15) is 0 Å². The van der Waals surface area contributed by atoms with Crippen LogP contribution in [0, 0.1) is 30.3 Å². The highest BCUT2D eigenvalue weighted by atomic mass is 16.6. The Morgan fingerprint density at radius 3 is 1.74 bits per heavy atom. The largest absolute Gasteiger partial charge is 0.863 e. The minimum Gasteiger partial charge on any atom is -0.863 e. The number of nitrogens with zero attached hydrogens (tertiary/aromatic N) is 3. The molecule has 3 N–H and O–H groups in total. The van der Waals surface area contributed by atoms with Crippen molar-refractivity contribution in [2.24, 2.45) is 0 Å². The molecule has 120 valence electrons. The number of hydrogen-bond acceptors (Lipinski definition) is 8. The maximum absolute atomic E-state index is 11.1. The molecule has 0 amide bonds. The molecule has 0 saturated carbocycles. The number of anilines is 1. The summed E-state index contributed by atoms with van der Waals surface area (Å²) in [5, 5.41) is 42.1. The van der Waals surface area contributed by atoms with E-state index in [0.717, 1.165) is 5.69 Å². The molecule has 0 aliphatic carbocycles. The van der Waals surface area contributed by atoms with E-state index < -0.39 is 37.6 Å². The highest BCUT2D eigenvalue weighted by Crippen LogP contribution is 2.36. The summed E-state index contributed by atoms with van der Waals surface area (Å²) in [5.74, 6) is -1.46. The van der Waals surface area contributed by atoms with Crippen molar-refractivity contribution in [2.45, 2.75) is 0 Å². The number of H-pyrrole nitrogens is 1. The predicted molar refractivity (Wildman–Crippen MR) is 73.3 cm³/mol. The first-order valence-electron chi connectivity index (χ1n) is 5.74. The van der Waals surface area contributed by atoms with Crippen LogP contribution < -0.4 is 15.8 Å². The highest BCUT2D eigenvalue weighted by Gasteiger charge is 2.24. The van der Waals surface area contributed by atoms with Crippen LogP contribution in [0.25, 0.3) is 0 Å². The van der Waals surface area contributed by atoms with Gasteiger partial charge in [0.15, 0.2) is 12.4 Å². The summed E-state index contributed by atoms with van der Waals surface area (Å²) in [7, 11) is 0. The van der Waals surface area contributed by atoms with Crippen molar-refractivity contribution in [3.8, 4) is 5.75 Å². The van der Waals surface area contributed by atoms with E-state index in [1.165, 1.54) is 0 Å². The van der Waals surface area contributed by atoms with Crippen molar-refractivity contribution in [3.05, 3.63) is 67.0 Å². The van der Waals surface area contributed by atoms with Gasteiger partial charge in [-0.25, -0.2) is 4.98 Å². The van der Waals surface area contributed by atoms with Crippen LogP contribution in [0.2, 0.25) is 0 Å². The first-order chi connectivity index (χ1) is 10.7. The summed E-state index contributed by atoms with van der Waals surface area (Å²) >= 11 is 0. The molecule has 2 rings (SSSR count). The minimum absolute atomic E-state index is 0.384. The van der Waals surface area contributed by atoms with Gasteiger partial charge in [0.1, 0.15) is 0 Å². The van der Waals surface area contributed by atoms with Crippen LogP contribution >= 0.6 is 0 Å². The number of nitrogens with two attached hydrogens (primary N) is 1. The van der Waals surface area contributed by atoms with Crippen molar-refractivity contribution in [1.82, 2.24) is 0 Å². The second kappa shape index (κ2) is 7.26. The standard InChI is InChI=1S/C6H3N3O7.C5H6N2/c10-6-4(8(13)14)1-3(7(11)12)2-5(6)9(15)16;6-5-2-1-3-7-4-5/h1-2,10H;1-4H,6H2. The summed E-state index contributed by atoms with van der Waals surface area (Å²) in [4.78, 5) is 30.4. The third-order valence-corrected chi connectivity index (χ3v) is 2.37. The van der Waals surface area contributed by atoms with E-state index in [2.05, 4.69) is 4.98 Å². The smallest absolute Gasteiger partial charge is 0.283 e. The van der Waals surface area contributed by atoms with Crippen molar-refractivity contribution in [1.29, 1.82) is 0 Å². The Hall–Kier alpha value is -3.83. The molecule has 23 heavy (non-hydrogen) atoms. The van der Waals surface area contributed by atoms with E-state index in [4.69, 9.17) is 5.73 Å². The first kappa shape index (κ1) is 17.2. The number of aromatic amines is 1. The fraction of sp³-hybridized carbons (Fsp3) is 0. The zero-order valence-corrected chi connectivity index (χ0v) is 11.2. The lowest BCUT2D eigenvalue weighted by Gasteiger charge is -2.06. The molecule has 0 unspecified atom stereocenters. The number of rotatable bonds is 3.